The van der Waals surface area contributed by atoms with Crippen molar-refractivity contribution in [1.29, 1.82) is 0 Å². The van der Waals surface area contributed by atoms with Crippen LogP contribution in [0.15, 0.2) is 24.3 Å². The van der Waals surface area contributed by atoms with E-state index in [1.807, 2.05) is 49.7 Å². The molecule has 0 fully saturated rings. The van der Waals surface area contributed by atoms with Gasteiger partial charge in [-0.2, -0.15) is 0 Å². The van der Waals surface area contributed by atoms with Gasteiger partial charge in [0.2, 0.25) is 0 Å². The summed E-state index contributed by atoms with van der Waals surface area (Å²) < 4.78 is 1.86. The summed E-state index contributed by atoms with van der Waals surface area (Å²) in [5.74, 6) is 0.503. The largest absolute Gasteiger partial charge is 0.337 e. The number of aromatic nitrogens is 2. The number of hydrogen-bond donors (Lipinski definition) is 0. The van der Waals surface area contributed by atoms with Crippen molar-refractivity contribution in [2.45, 2.75) is 13.8 Å². The van der Waals surface area contributed by atoms with Crippen LogP contribution in [-0.2, 0) is 7.05 Å². The maximum absolute atomic E-state index is 12.2. The molecule has 0 bridgehead atoms. The third kappa shape index (κ3) is 1.90. The van der Waals surface area contributed by atoms with E-state index in [4.69, 9.17) is 0 Å². The van der Waals surface area contributed by atoms with Gasteiger partial charge in [0, 0.05) is 20.1 Å². The van der Waals surface area contributed by atoms with Crippen LogP contribution >= 0.6 is 0 Å². The molecule has 0 saturated carbocycles. The molecule has 1 heterocycles. The van der Waals surface area contributed by atoms with Crippen molar-refractivity contribution in [2.75, 3.05) is 13.1 Å². The summed E-state index contributed by atoms with van der Waals surface area (Å²) in [4.78, 5) is 18.4. The third-order valence-electron chi connectivity index (χ3n) is 3.03. The minimum Gasteiger partial charge on any atom is -0.337 e. The molecule has 17 heavy (non-hydrogen) atoms. The van der Waals surface area contributed by atoms with Crippen molar-refractivity contribution in [3.63, 3.8) is 0 Å². The van der Waals surface area contributed by atoms with Crippen molar-refractivity contribution in [1.82, 2.24) is 14.5 Å². The molecule has 0 N–H and O–H groups in total. The fraction of sp³-hybridized carbons (Fsp3) is 0.385. The summed E-state index contributed by atoms with van der Waals surface area (Å²) >= 11 is 0. The Kier molecular flexibility index (Phi) is 3.13. The van der Waals surface area contributed by atoms with E-state index in [1.165, 1.54) is 0 Å². The predicted molar refractivity (Wildman–Crippen MR) is 68.0 cm³/mol. The number of imidazole rings is 1. The number of benzene rings is 1. The standard InChI is InChI=1S/C13H17N3O/c1-4-16(5-2)13(17)12-14-10-8-6-7-9-11(10)15(12)3/h6-9H,4-5H2,1-3H3. The Morgan fingerprint density at radius 2 is 1.94 bits per heavy atom. The highest BCUT2D eigenvalue weighted by Crippen LogP contribution is 2.15. The monoisotopic (exact) mass is 231 g/mol. The molecule has 0 aliphatic heterocycles. The van der Waals surface area contributed by atoms with Crippen LogP contribution in [0, 0.1) is 0 Å². The van der Waals surface area contributed by atoms with Crippen molar-refractivity contribution >= 4 is 16.9 Å². The first-order valence-corrected chi connectivity index (χ1v) is 5.89. The molecular weight excluding hydrogens is 214 g/mol. The highest BCUT2D eigenvalue weighted by molar-refractivity contribution is 5.94. The molecule has 0 radical (unpaired) electrons. The smallest absolute Gasteiger partial charge is 0.289 e. The van der Waals surface area contributed by atoms with Crippen molar-refractivity contribution in [2.24, 2.45) is 7.05 Å². The van der Waals surface area contributed by atoms with E-state index in [1.54, 1.807) is 4.90 Å². The molecule has 1 aromatic carbocycles. The zero-order chi connectivity index (χ0) is 12.4. The Balaban J connectivity index is 2.49. The molecule has 2 aromatic rings. The molecule has 0 aliphatic carbocycles. The van der Waals surface area contributed by atoms with E-state index in [2.05, 4.69) is 4.98 Å². The summed E-state index contributed by atoms with van der Waals surface area (Å²) in [7, 11) is 1.88. The molecule has 1 amide bonds. The average molecular weight is 231 g/mol. The normalized spacial score (nSPS) is 10.8. The van der Waals surface area contributed by atoms with Crippen LogP contribution in [0.3, 0.4) is 0 Å². The average Bonchev–Trinajstić information content (AvgIpc) is 2.69. The van der Waals surface area contributed by atoms with E-state index < -0.39 is 0 Å². The van der Waals surface area contributed by atoms with Crippen LogP contribution < -0.4 is 0 Å². The second-order valence-corrected chi connectivity index (χ2v) is 3.96. The number of hydrogen-bond acceptors (Lipinski definition) is 2. The molecule has 0 unspecified atom stereocenters. The van der Waals surface area contributed by atoms with Gasteiger partial charge >= 0.3 is 0 Å². The molecule has 90 valence electrons. The Morgan fingerprint density at radius 3 is 2.53 bits per heavy atom. The van der Waals surface area contributed by atoms with Crippen molar-refractivity contribution in [3.05, 3.63) is 30.1 Å². The van der Waals surface area contributed by atoms with Crippen LogP contribution in [0.5, 0.6) is 0 Å². The fourth-order valence-electron chi connectivity index (χ4n) is 1.99. The van der Waals surface area contributed by atoms with Gasteiger partial charge in [-0.1, -0.05) is 12.1 Å². The lowest BCUT2D eigenvalue weighted by Crippen LogP contribution is -2.32. The third-order valence-corrected chi connectivity index (χ3v) is 3.03. The second-order valence-electron chi connectivity index (χ2n) is 3.96. The van der Waals surface area contributed by atoms with E-state index in [9.17, 15) is 4.79 Å². The number of para-hydroxylation sites is 2. The molecule has 0 saturated heterocycles. The first-order valence-electron chi connectivity index (χ1n) is 5.89. The van der Waals surface area contributed by atoms with Gasteiger partial charge in [-0.15, -0.1) is 0 Å². The molecular formula is C13H17N3O. The molecule has 4 nitrogen and oxygen atoms in total. The maximum Gasteiger partial charge on any atom is 0.289 e. The maximum atomic E-state index is 12.2. The Labute approximate surface area is 101 Å². The van der Waals surface area contributed by atoms with Gasteiger partial charge in [-0.25, -0.2) is 4.98 Å². The number of fused-ring (bicyclic) bond motifs is 1. The Morgan fingerprint density at radius 1 is 1.29 bits per heavy atom. The summed E-state index contributed by atoms with van der Waals surface area (Å²) in [6, 6.07) is 7.78. The van der Waals surface area contributed by atoms with E-state index in [-0.39, 0.29) is 5.91 Å². The highest BCUT2D eigenvalue weighted by atomic mass is 16.2. The number of rotatable bonds is 3. The van der Waals surface area contributed by atoms with E-state index in [0.29, 0.717) is 18.9 Å². The second kappa shape index (κ2) is 4.57. The molecule has 2 rings (SSSR count). The van der Waals surface area contributed by atoms with Crippen LogP contribution in [0.25, 0.3) is 11.0 Å². The first kappa shape index (κ1) is 11.6. The number of carbonyl (C=O) groups is 1. The summed E-state index contributed by atoms with van der Waals surface area (Å²) in [5, 5.41) is 0. The minimum absolute atomic E-state index is 0.00583. The van der Waals surface area contributed by atoms with Gasteiger partial charge < -0.3 is 9.47 Å². The fourth-order valence-corrected chi connectivity index (χ4v) is 1.99. The number of carbonyl (C=O) groups excluding carboxylic acids is 1. The van der Waals surface area contributed by atoms with Gasteiger partial charge in [0.15, 0.2) is 5.82 Å². The topological polar surface area (TPSA) is 38.1 Å². The number of aryl methyl sites for hydroxylation is 1. The van der Waals surface area contributed by atoms with Gasteiger partial charge in [-0.3, -0.25) is 4.79 Å². The highest BCUT2D eigenvalue weighted by Gasteiger charge is 2.19. The van der Waals surface area contributed by atoms with Gasteiger partial charge in [0.25, 0.3) is 5.91 Å². The van der Waals surface area contributed by atoms with E-state index in [0.717, 1.165) is 11.0 Å². The predicted octanol–water partition coefficient (Wildman–Crippen LogP) is 2.06. The molecule has 1 aromatic heterocycles. The van der Waals surface area contributed by atoms with Gasteiger partial charge in [0.1, 0.15) is 0 Å². The lowest BCUT2D eigenvalue weighted by Gasteiger charge is -2.17. The minimum atomic E-state index is -0.00583. The van der Waals surface area contributed by atoms with E-state index >= 15 is 0 Å². The molecule has 4 heteroatoms. The quantitative estimate of drug-likeness (QED) is 0.811. The Bertz CT molecular complexity index is 541. The van der Waals surface area contributed by atoms with Crippen molar-refractivity contribution < 1.29 is 4.79 Å². The van der Waals surface area contributed by atoms with Crippen LogP contribution in [0.1, 0.15) is 24.5 Å². The SMILES string of the molecule is CCN(CC)C(=O)c1nc2ccccc2n1C. The first-order chi connectivity index (χ1) is 8.19. The van der Waals surface area contributed by atoms with Gasteiger partial charge in [-0.05, 0) is 26.0 Å². The van der Waals surface area contributed by atoms with Crippen LogP contribution in [0.4, 0.5) is 0 Å². The summed E-state index contributed by atoms with van der Waals surface area (Å²) in [6.07, 6.45) is 0. The summed E-state index contributed by atoms with van der Waals surface area (Å²) in [6.45, 7) is 5.37. The zero-order valence-electron chi connectivity index (χ0n) is 10.5. The van der Waals surface area contributed by atoms with Crippen LogP contribution in [-0.4, -0.2) is 33.4 Å². The molecule has 0 spiro atoms. The summed E-state index contributed by atoms with van der Waals surface area (Å²) in [5.41, 5.74) is 1.86. The van der Waals surface area contributed by atoms with Gasteiger partial charge in [0.05, 0.1) is 11.0 Å². The number of nitrogens with zero attached hydrogens (tertiary/aromatic N) is 3. The van der Waals surface area contributed by atoms with Crippen molar-refractivity contribution in [3.8, 4) is 0 Å². The molecule has 0 aliphatic rings. The number of amides is 1. The lowest BCUT2D eigenvalue weighted by molar-refractivity contribution is 0.0758. The Hall–Kier alpha value is -1.84. The lowest BCUT2D eigenvalue weighted by atomic mass is 10.3. The zero-order valence-corrected chi connectivity index (χ0v) is 10.5. The van der Waals surface area contributed by atoms with Crippen LogP contribution in [0.2, 0.25) is 0 Å². The molecule has 0 atom stereocenters.